The van der Waals surface area contributed by atoms with E-state index in [4.69, 9.17) is 9.15 Å². The zero-order valence-electron chi connectivity index (χ0n) is 15.9. The van der Waals surface area contributed by atoms with E-state index in [1.807, 2.05) is 32.0 Å². The van der Waals surface area contributed by atoms with E-state index in [0.29, 0.717) is 18.7 Å². The summed E-state index contributed by atoms with van der Waals surface area (Å²) in [5.41, 5.74) is 3.57. The third-order valence-corrected chi connectivity index (χ3v) is 4.90. The number of furan rings is 1. The smallest absolute Gasteiger partial charge is 0.257 e. The Morgan fingerprint density at radius 3 is 2.74 bits per heavy atom. The quantitative estimate of drug-likeness (QED) is 0.809. The number of nitrogens with one attached hydrogen (secondary N) is 1. The summed E-state index contributed by atoms with van der Waals surface area (Å²) in [6.07, 6.45) is 5.10. The van der Waals surface area contributed by atoms with Crippen molar-refractivity contribution in [3.05, 3.63) is 53.5 Å². The number of aryl methyl sites for hydroxylation is 2. The summed E-state index contributed by atoms with van der Waals surface area (Å²) in [5, 5.41) is 2.91. The van der Waals surface area contributed by atoms with Crippen LogP contribution in [0.15, 0.2) is 41.2 Å². The normalized spacial score (nSPS) is 16.3. The van der Waals surface area contributed by atoms with E-state index in [-0.39, 0.29) is 24.3 Å². The maximum Gasteiger partial charge on any atom is 0.257 e. The van der Waals surface area contributed by atoms with Crippen molar-refractivity contribution in [2.45, 2.75) is 39.2 Å². The molecule has 2 amide bonds. The van der Waals surface area contributed by atoms with Crippen LogP contribution in [0.5, 0.6) is 0 Å². The number of nitrogens with zero attached hydrogens (tertiary/aromatic N) is 1. The minimum absolute atomic E-state index is 0.0312. The van der Waals surface area contributed by atoms with Gasteiger partial charge in [-0.1, -0.05) is 6.07 Å². The zero-order valence-corrected chi connectivity index (χ0v) is 15.9. The Hall–Kier alpha value is -2.60. The minimum Gasteiger partial charge on any atom is -0.472 e. The number of rotatable bonds is 7. The van der Waals surface area contributed by atoms with E-state index in [0.717, 1.165) is 30.7 Å². The third-order valence-electron chi connectivity index (χ3n) is 4.90. The van der Waals surface area contributed by atoms with Gasteiger partial charge < -0.3 is 19.4 Å². The molecule has 1 N–H and O–H groups in total. The van der Waals surface area contributed by atoms with Crippen LogP contribution in [-0.4, -0.2) is 42.5 Å². The molecule has 1 atom stereocenters. The summed E-state index contributed by atoms with van der Waals surface area (Å²) in [6, 6.07) is 7.46. The molecule has 1 aliphatic heterocycles. The van der Waals surface area contributed by atoms with Crippen LogP contribution in [-0.2, 0) is 9.53 Å². The van der Waals surface area contributed by atoms with E-state index in [2.05, 4.69) is 5.32 Å². The van der Waals surface area contributed by atoms with Crippen LogP contribution in [0.2, 0.25) is 0 Å². The average Bonchev–Trinajstić information content (AvgIpc) is 3.35. The lowest BCUT2D eigenvalue weighted by molar-refractivity contribution is -0.116. The number of hydrogen-bond donors (Lipinski definition) is 1. The summed E-state index contributed by atoms with van der Waals surface area (Å²) in [7, 11) is 0. The summed E-state index contributed by atoms with van der Waals surface area (Å²) >= 11 is 0. The Balaban J connectivity index is 1.59. The molecule has 0 spiro atoms. The molecule has 1 fully saturated rings. The lowest BCUT2D eigenvalue weighted by Gasteiger charge is -2.25. The number of anilines is 1. The standard InChI is InChI=1S/C21H26N2O4/c1-15-5-6-18(12-16(15)2)22-20(24)7-9-23(13-19-4-3-10-27-19)21(25)17-8-11-26-14-17/h5-6,8,11-12,14,19H,3-4,7,9-10,13H2,1-2H3,(H,22,24). The fourth-order valence-corrected chi connectivity index (χ4v) is 3.16. The number of carbonyl (C=O) groups excluding carboxylic acids is 2. The molecule has 0 saturated carbocycles. The van der Waals surface area contributed by atoms with Crippen molar-refractivity contribution < 1.29 is 18.7 Å². The van der Waals surface area contributed by atoms with E-state index in [1.54, 1.807) is 11.0 Å². The van der Waals surface area contributed by atoms with Crippen molar-refractivity contribution >= 4 is 17.5 Å². The Kier molecular flexibility index (Phi) is 6.29. The molecule has 1 aromatic carbocycles. The predicted octanol–water partition coefficient (Wildman–Crippen LogP) is 3.55. The number of benzene rings is 1. The molecule has 144 valence electrons. The minimum atomic E-state index is -0.141. The van der Waals surface area contributed by atoms with Crippen LogP contribution in [0.1, 0.15) is 40.7 Å². The number of ether oxygens (including phenoxy) is 1. The molecule has 27 heavy (non-hydrogen) atoms. The van der Waals surface area contributed by atoms with E-state index in [9.17, 15) is 9.59 Å². The molecule has 6 nitrogen and oxygen atoms in total. The topological polar surface area (TPSA) is 71.8 Å². The molecule has 0 aliphatic carbocycles. The highest BCUT2D eigenvalue weighted by atomic mass is 16.5. The van der Waals surface area contributed by atoms with E-state index in [1.165, 1.54) is 18.1 Å². The maximum absolute atomic E-state index is 12.7. The first-order chi connectivity index (χ1) is 13.0. The lowest BCUT2D eigenvalue weighted by Crippen LogP contribution is -2.39. The number of hydrogen-bond acceptors (Lipinski definition) is 4. The van der Waals surface area contributed by atoms with Crippen molar-refractivity contribution in [3.8, 4) is 0 Å². The Bertz CT molecular complexity index is 779. The van der Waals surface area contributed by atoms with Crippen molar-refractivity contribution in [2.24, 2.45) is 0 Å². The zero-order chi connectivity index (χ0) is 19.2. The van der Waals surface area contributed by atoms with Crippen molar-refractivity contribution in [1.82, 2.24) is 4.90 Å². The lowest BCUT2D eigenvalue weighted by atomic mass is 10.1. The first-order valence-electron chi connectivity index (χ1n) is 9.33. The van der Waals surface area contributed by atoms with Crippen molar-refractivity contribution in [3.63, 3.8) is 0 Å². The summed E-state index contributed by atoms with van der Waals surface area (Å²) in [4.78, 5) is 26.8. The van der Waals surface area contributed by atoms with Gasteiger partial charge in [-0.3, -0.25) is 9.59 Å². The third kappa shape index (κ3) is 5.20. The summed E-state index contributed by atoms with van der Waals surface area (Å²) in [6.45, 7) is 5.59. The molecule has 0 radical (unpaired) electrons. The fourth-order valence-electron chi connectivity index (χ4n) is 3.16. The second-order valence-electron chi connectivity index (χ2n) is 7.00. The highest BCUT2D eigenvalue weighted by molar-refractivity contribution is 5.95. The fraction of sp³-hybridized carbons (Fsp3) is 0.429. The first kappa shape index (κ1) is 19.2. The SMILES string of the molecule is Cc1ccc(NC(=O)CCN(CC2CCCO2)C(=O)c2ccoc2)cc1C. The van der Waals surface area contributed by atoms with Gasteiger partial charge in [0.15, 0.2) is 0 Å². The van der Waals surface area contributed by atoms with Crippen molar-refractivity contribution in [2.75, 3.05) is 25.0 Å². The van der Waals surface area contributed by atoms with Crippen LogP contribution >= 0.6 is 0 Å². The van der Waals surface area contributed by atoms with E-state index < -0.39 is 0 Å². The molecule has 2 heterocycles. The molecule has 1 aromatic heterocycles. The number of carbonyl (C=O) groups is 2. The van der Waals surface area contributed by atoms with Gasteiger partial charge in [0.05, 0.1) is 17.9 Å². The maximum atomic E-state index is 12.7. The van der Waals surface area contributed by atoms with Gasteiger partial charge in [-0.25, -0.2) is 0 Å². The highest BCUT2D eigenvalue weighted by Gasteiger charge is 2.24. The van der Waals surface area contributed by atoms with Crippen LogP contribution in [0.4, 0.5) is 5.69 Å². The molecular weight excluding hydrogens is 344 g/mol. The van der Waals surface area contributed by atoms with E-state index >= 15 is 0 Å². The van der Waals surface area contributed by atoms with Crippen molar-refractivity contribution in [1.29, 1.82) is 0 Å². The second kappa shape index (κ2) is 8.86. The van der Waals surface area contributed by atoms with Gasteiger partial charge in [-0.05, 0) is 56.0 Å². The van der Waals surface area contributed by atoms with Crippen LogP contribution < -0.4 is 5.32 Å². The van der Waals surface area contributed by atoms with Gasteiger partial charge in [-0.2, -0.15) is 0 Å². The molecule has 2 aromatic rings. The first-order valence-corrected chi connectivity index (χ1v) is 9.33. The van der Waals surface area contributed by atoms with Gasteiger partial charge in [0.1, 0.15) is 6.26 Å². The van der Waals surface area contributed by atoms with Gasteiger partial charge in [-0.15, -0.1) is 0 Å². The van der Waals surface area contributed by atoms with Gasteiger partial charge in [0.25, 0.3) is 5.91 Å². The monoisotopic (exact) mass is 370 g/mol. The van der Waals surface area contributed by atoms with Gasteiger partial charge in [0, 0.05) is 31.8 Å². The number of amides is 2. The van der Waals surface area contributed by atoms with Crippen LogP contribution in [0.3, 0.4) is 0 Å². The molecule has 1 saturated heterocycles. The summed E-state index contributed by atoms with van der Waals surface area (Å²) in [5.74, 6) is -0.256. The van der Waals surface area contributed by atoms with Crippen LogP contribution in [0, 0.1) is 13.8 Å². The molecular formula is C21H26N2O4. The summed E-state index contributed by atoms with van der Waals surface area (Å²) < 4.78 is 10.7. The second-order valence-corrected chi connectivity index (χ2v) is 7.00. The Labute approximate surface area is 159 Å². The Morgan fingerprint density at radius 1 is 1.22 bits per heavy atom. The molecule has 1 aliphatic rings. The molecule has 3 rings (SSSR count). The molecule has 1 unspecified atom stereocenters. The largest absolute Gasteiger partial charge is 0.472 e. The predicted molar refractivity (Wildman–Crippen MR) is 103 cm³/mol. The average molecular weight is 370 g/mol. The molecule has 0 bridgehead atoms. The van der Waals surface area contributed by atoms with Gasteiger partial charge in [0.2, 0.25) is 5.91 Å². The Morgan fingerprint density at radius 2 is 2.07 bits per heavy atom. The molecule has 6 heteroatoms. The highest BCUT2D eigenvalue weighted by Crippen LogP contribution is 2.17. The van der Waals surface area contributed by atoms with Crippen LogP contribution in [0.25, 0.3) is 0 Å². The van der Waals surface area contributed by atoms with Gasteiger partial charge >= 0.3 is 0 Å².